The zero-order valence-electron chi connectivity index (χ0n) is 18.3. The Kier molecular flexibility index (Phi) is 4.67. The van der Waals surface area contributed by atoms with Crippen molar-refractivity contribution in [2.75, 3.05) is 31.1 Å². The first-order valence-electron chi connectivity index (χ1n) is 11.6. The van der Waals surface area contributed by atoms with Crippen molar-refractivity contribution in [2.45, 2.75) is 31.7 Å². The summed E-state index contributed by atoms with van der Waals surface area (Å²) in [6.07, 6.45) is 7.85. The Morgan fingerprint density at radius 1 is 1.03 bits per heavy atom. The van der Waals surface area contributed by atoms with Crippen molar-refractivity contribution in [2.24, 2.45) is 10.9 Å². The number of aromatic nitrogens is 2. The second-order valence-electron chi connectivity index (χ2n) is 9.38. The molecule has 3 atom stereocenters. The van der Waals surface area contributed by atoms with E-state index in [9.17, 15) is 4.79 Å². The third-order valence-electron chi connectivity index (χ3n) is 7.01. The molecular weight excluding hydrogens is 398 g/mol. The van der Waals surface area contributed by atoms with Gasteiger partial charge in [-0.2, -0.15) is 0 Å². The topological polar surface area (TPSA) is 61.7 Å². The number of piperidine rings is 1. The molecule has 0 saturated carbocycles. The number of hydrogen-bond donors (Lipinski definition) is 0. The van der Waals surface area contributed by atoms with Gasteiger partial charge in [0.2, 0.25) is 0 Å². The predicted molar refractivity (Wildman–Crippen MR) is 126 cm³/mol. The van der Waals surface area contributed by atoms with E-state index < -0.39 is 0 Å². The number of carbonyl (C=O) groups is 1. The van der Waals surface area contributed by atoms with Crippen LogP contribution < -0.4 is 4.90 Å². The Bertz CT molecular complexity index is 1190. The van der Waals surface area contributed by atoms with Gasteiger partial charge in [-0.1, -0.05) is 25.1 Å². The van der Waals surface area contributed by atoms with Crippen LogP contribution in [-0.4, -0.2) is 53.2 Å². The van der Waals surface area contributed by atoms with E-state index in [-0.39, 0.29) is 17.9 Å². The number of rotatable bonds is 4. The Morgan fingerprint density at radius 3 is 2.59 bits per heavy atom. The highest BCUT2D eigenvalue weighted by Gasteiger charge is 2.31. The largest absolute Gasteiger partial charge is 0.356 e. The van der Waals surface area contributed by atoms with Crippen molar-refractivity contribution in [3.8, 4) is 0 Å². The molecule has 6 heteroatoms. The van der Waals surface area contributed by atoms with Gasteiger partial charge in [0.15, 0.2) is 0 Å². The third kappa shape index (κ3) is 3.44. The van der Waals surface area contributed by atoms with Gasteiger partial charge in [-0.05, 0) is 42.5 Å². The number of hydrogen-bond acceptors (Lipinski definition) is 5. The van der Waals surface area contributed by atoms with E-state index in [2.05, 4.69) is 45.0 Å². The maximum absolute atomic E-state index is 13.3. The number of amides is 1. The fourth-order valence-electron chi connectivity index (χ4n) is 5.19. The van der Waals surface area contributed by atoms with Gasteiger partial charge >= 0.3 is 0 Å². The summed E-state index contributed by atoms with van der Waals surface area (Å²) in [7, 11) is 0. The molecule has 3 aliphatic rings. The Hall–Kier alpha value is -3.28. The first-order valence-corrected chi connectivity index (χ1v) is 11.6. The van der Waals surface area contributed by atoms with Crippen LogP contribution in [0.15, 0.2) is 53.8 Å². The fraction of sp³-hybridized carbons (Fsp3) is 0.385. The molecule has 0 aliphatic carbocycles. The number of anilines is 1. The van der Waals surface area contributed by atoms with Crippen molar-refractivity contribution in [1.82, 2.24) is 14.9 Å². The summed E-state index contributed by atoms with van der Waals surface area (Å²) in [5.74, 6) is 1.77. The van der Waals surface area contributed by atoms with E-state index >= 15 is 0 Å². The smallest absolute Gasteiger partial charge is 0.255 e. The highest BCUT2D eigenvalue weighted by Crippen LogP contribution is 2.38. The highest BCUT2D eigenvalue weighted by molar-refractivity contribution is 5.95. The van der Waals surface area contributed by atoms with Crippen LogP contribution in [0, 0.1) is 5.92 Å². The van der Waals surface area contributed by atoms with E-state index in [0.29, 0.717) is 11.5 Å². The molecule has 0 N–H and O–H groups in total. The quantitative estimate of drug-likeness (QED) is 0.628. The molecule has 1 amide bonds. The van der Waals surface area contributed by atoms with Crippen molar-refractivity contribution < 1.29 is 4.79 Å². The lowest BCUT2D eigenvalue weighted by atomic mass is 9.83. The molecule has 5 heterocycles. The van der Waals surface area contributed by atoms with Crippen LogP contribution in [0.4, 0.5) is 5.82 Å². The lowest BCUT2D eigenvalue weighted by molar-refractivity contribution is 0.0658. The molecule has 162 valence electrons. The normalized spacial score (nSPS) is 24.5. The van der Waals surface area contributed by atoms with Crippen molar-refractivity contribution in [3.05, 3.63) is 65.5 Å². The van der Waals surface area contributed by atoms with Crippen LogP contribution in [0.25, 0.3) is 10.9 Å². The number of fused-ring (bicyclic) bond motifs is 1. The minimum Gasteiger partial charge on any atom is -0.356 e. The molecule has 32 heavy (non-hydrogen) atoms. The van der Waals surface area contributed by atoms with Crippen molar-refractivity contribution in [1.29, 1.82) is 0 Å². The molecule has 3 aromatic rings. The van der Waals surface area contributed by atoms with Gasteiger partial charge in [-0.15, -0.1) is 0 Å². The molecule has 0 spiro atoms. The maximum Gasteiger partial charge on any atom is 0.255 e. The monoisotopic (exact) mass is 425 g/mol. The number of nitrogens with zero attached hydrogens (tertiary/aromatic N) is 5. The van der Waals surface area contributed by atoms with Crippen LogP contribution >= 0.6 is 0 Å². The molecule has 2 saturated heterocycles. The minimum atomic E-state index is 0.0784. The molecular formula is C26H27N5O. The predicted octanol–water partition coefficient (Wildman–Crippen LogP) is 4.23. The van der Waals surface area contributed by atoms with Crippen LogP contribution in [0.1, 0.15) is 53.2 Å². The molecule has 3 aliphatic heterocycles. The number of aliphatic imine (C=N–C) groups is 1. The molecule has 2 aromatic heterocycles. The van der Waals surface area contributed by atoms with Gasteiger partial charge in [0.1, 0.15) is 11.9 Å². The summed E-state index contributed by atoms with van der Waals surface area (Å²) in [4.78, 5) is 31.2. The van der Waals surface area contributed by atoms with Gasteiger partial charge in [0.25, 0.3) is 5.91 Å². The van der Waals surface area contributed by atoms with E-state index in [1.54, 1.807) is 6.20 Å². The van der Waals surface area contributed by atoms with E-state index in [1.165, 1.54) is 22.9 Å². The summed E-state index contributed by atoms with van der Waals surface area (Å²) in [5.41, 5.74) is 4.17. The van der Waals surface area contributed by atoms with Crippen LogP contribution in [-0.2, 0) is 0 Å². The number of pyridine rings is 2. The zero-order valence-corrected chi connectivity index (χ0v) is 18.3. The molecule has 2 fully saturated rings. The fourth-order valence-corrected chi connectivity index (χ4v) is 5.19. The van der Waals surface area contributed by atoms with Gasteiger partial charge in [0, 0.05) is 61.7 Å². The van der Waals surface area contributed by atoms with Crippen molar-refractivity contribution >= 4 is 28.8 Å². The van der Waals surface area contributed by atoms with E-state index in [4.69, 9.17) is 0 Å². The average molecular weight is 426 g/mol. The summed E-state index contributed by atoms with van der Waals surface area (Å²) < 4.78 is 0. The molecule has 0 radical (unpaired) electrons. The summed E-state index contributed by atoms with van der Waals surface area (Å²) in [6, 6.07) is 12.7. The van der Waals surface area contributed by atoms with Crippen LogP contribution in [0.2, 0.25) is 0 Å². The summed E-state index contributed by atoms with van der Waals surface area (Å²) in [5, 5.41) is 1.19. The van der Waals surface area contributed by atoms with Gasteiger partial charge in [-0.3, -0.25) is 14.8 Å². The molecule has 0 bridgehead atoms. The van der Waals surface area contributed by atoms with Gasteiger partial charge in [-0.25, -0.2) is 4.98 Å². The average Bonchev–Trinajstić information content (AvgIpc) is 3.62. The van der Waals surface area contributed by atoms with E-state index in [0.717, 1.165) is 43.9 Å². The van der Waals surface area contributed by atoms with Crippen LogP contribution in [0.3, 0.4) is 0 Å². The summed E-state index contributed by atoms with van der Waals surface area (Å²) in [6.45, 7) is 5.86. The Morgan fingerprint density at radius 2 is 1.88 bits per heavy atom. The first kappa shape index (κ1) is 19.4. The van der Waals surface area contributed by atoms with E-state index in [1.807, 2.05) is 35.5 Å². The Labute approximate surface area is 188 Å². The molecule has 1 unspecified atom stereocenters. The minimum absolute atomic E-state index is 0.0784. The molecule has 6 nitrogen and oxygen atoms in total. The number of carbonyl (C=O) groups excluding carboxylic acids is 1. The van der Waals surface area contributed by atoms with Crippen molar-refractivity contribution in [3.63, 3.8) is 0 Å². The second-order valence-corrected chi connectivity index (χ2v) is 9.38. The summed E-state index contributed by atoms with van der Waals surface area (Å²) >= 11 is 0. The Balaban J connectivity index is 1.27. The van der Waals surface area contributed by atoms with Gasteiger partial charge in [0.05, 0.1) is 11.1 Å². The van der Waals surface area contributed by atoms with Crippen LogP contribution in [0.5, 0.6) is 0 Å². The maximum atomic E-state index is 13.3. The zero-order chi connectivity index (χ0) is 21.7. The number of likely N-dealkylation sites (tertiary alicyclic amines) is 1. The first-order chi connectivity index (χ1) is 15.7. The SMILES string of the molecule is C[C@@H]1C[C@H](c2ccc(C3C=N3)c3ncccc23)CN(C(=O)c2ccc(N3CCC3)nc2)C1. The third-order valence-corrected chi connectivity index (χ3v) is 7.01. The standard InChI is InChI=1S/C26H27N5O/c1-17-12-19(20-6-7-22(23-14-28-23)25-21(20)4-2-9-27-25)16-31(15-17)26(32)18-5-8-24(29-13-18)30-10-3-11-30/h2,4-9,13-14,17,19,23H,3,10-12,15-16H2,1H3/t17-,19+,23?/m1/s1. The molecule has 6 rings (SSSR count). The molecule has 1 aromatic carbocycles. The lowest BCUT2D eigenvalue weighted by Crippen LogP contribution is -2.42. The highest BCUT2D eigenvalue weighted by atomic mass is 16.2. The lowest BCUT2D eigenvalue weighted by Gasteiger charge is -2.37. The van der Waals surface area contributed by atoms with Gasteiger partial charge < -0.3 is 9.80 Å². The number of benzene rings is 1. The second kappa shape index (κ2) is 7.69.